The second-order valence-electron chi connectivity index (χ2n) is 13.3. The molecule has 0 aliphatic carbocycles. The van der Waals surface area contributed by atoms with Gasteiger partial charge in [0, 0.05) is 64.4 Å². The Hall–Kier alpha value is -5.65. The van der Waals surface area contributed by atoms with Gasteiger partial charge < -0.3 is 46.7 Å². The molecule has 7 N–H and O–H groups in total. The van der Waals surface area contributed by atoms with Crippen LogP contribution in [0.4, 0.5) is 9.59 Å². The topological polar surface area (TPSA) is 297 Å². The quantitative estimate of drug-likeness (QED) is 0.0304. The average Bonchev–Trinajstić information content (AvgIpc) is 3.67. The van der Waals surface area contributed by atoms with Crippen molar-refractivity contribution in [2.45, 2.75) is 81.4 Å². The fraction of sp³-hybridized carbons (Fsp3) is 0.595. The van der Waals surface area contributed by atoms with Crippen LogP contribution in [0, 0.1) is 0 Å². The molecule has 0 aromatic heterocycles. The molecular formula is C37H55N9O13S2. The zero-order valence-corrected chi connectivity index (χ0v) is 36.3. The number of carbonyl (C=O) groups excluding carboxylic acids is 11. The van der Waals surface area contributed by atoms with E-state index in [1.165, 1.54) is 23.5 Å². The van der Waals surface area contributed by atoms with Gasteiger partial charge in [0.25, 0.3) is 11.8 Å². The molecule has 22 nitrogen and oxygen atoms in total. The summed E-state index contributed by atoms with van der Waals surface area (Å²) in [4.78, 5) is 140. The highest BCUT2D eigenvalue weighted by atomic mass is 32.2. The molecule has 0 radical (unpaired) electrons. The third kappa shape index (κ3) is 16.7. The number of alkyl carbamates (subject to hydrolysis) is 2. The van der Waals surface area contributed by atoms with E-state index < -0.39 is 101 Å². The number of amides is 11. The number of rotatable bonds is 26. The van der Waals surface area contributed by atoms with Crippen molar-refractivity contribution >= 4 is 88.9 Å². The van der Waals surface area contributed by atoms with Gasteiger partial charge in [-0.3, -0.25) is 43.2 Å². The maximum Gasteiger partial charge on any atom is 0.407 e. The molecule has 2 aliphatic heterocycles. The van der Waals surface area contributed by atoms with Gasteiger partial charge in [-0.05, 0) is 45.6 Å². The van der Waals surface area contributed by atoms with E-state index in [-0.39, 0.29) is 76.6 Å². The minimum Gasteiger partial charge on any atom is -0.450 e. The van der Waals surface area contributed by atoms with E-state index >= 15 is 0 Å². The number of likely N-dealkylation sites (tertiary alicyclic amines) is 2. The number of thioether (sulfide) groups is 2. The summed E-state index contributed by atoms with van der Waals surface area (Å²) in [6, 6.07) is -2.33. The van der Waals surface area contributed by atoms with Crippen molar-refractivity contribution in [3.63, 3.8) is 0 Å². The van der Waals surface area contributed by atoms with E-state index in [0.717, 1.165) is 9.80 Å². The summed E-state index contributed by atoms with van der Waals surface area (Å²) in [5.74, 6) is -5.90. The van der Waals surface area contributed by atoms with Crippen molar-refractivity contribution in [1.82, 2.24) is 47.0 Å². The lowest BCUT2D eigenvalue weighted by atomic mass is 10.1. The van der Waals surface area contributed by atoms with E-state index in [2.05, 4.69) is 50.4 Å². The molecule has 0 saturated carbocycles. The maximum absolute atomic E-state index is 13.5. The third-order valence-corrected chi connectivity index (χ3v) is 10.7. The van der Waals surface area contributed by atoms with Crippen molar-refractivity contribution in [1.29, 1.82) is 0 Å². The van der Waals surface area contributed by atoms with E-state index in [4.69, 9.17) is 9.47 Å². The lowest BCUT2D eigenvalue weighted by Gasteiger charge is -2.23. The molecular weight excluding hydrogens is 843 g/mol. The van der Waals surface area contributed by atoms with Crippen LogP contribution < -0.4 is 37.2 Å². The monoisotopic (exact) mass is 897 g/mol. The van der Waals surface area contributed by atoms with Gasteiger partial charge in [0.2, 0.25) is 41.4 Å². The van der Waals surface area contributed by atoms with Gasteiger partial charge in [-0.2, -0.15) is 23.5 Å². The molecule has 3 atom stereocenters. The van der Waals surface area contributed by atoms with Crippen LogP contribution >= 0.6 is 23.5 Å². The van der Waals surface area contributed by atoms with Gasteiger partial charge in [0.1, 0.15) is 17.4 Å². The molecule has 0 bridgehead atoms. The number of nitrogens with one attached hydrogen (secondary N) is 7. The van der Waals surface area contributed by atoms with Crippen molar-refractivity contribution in [2.75, 3.05) is 58.4 Å². The molecule has 3 unspecified atom stereocenters. The van der Waals surface area contributed by atoms with Gasteiger partial charge in [0.15, 0.2) is 0 Å². The molecule has 2 aliphatic rings. The van der Waals surface area contributed by atoms with Crippen LogP contribution in [-0.4, -0.2) is 156 Å². The van der Waals surface area contributed by atoms with Gasteiger partial charge >= 0.3 is 12.2 Å². The number of nitrogens with zero attached hydrogens (tertiary/aromatic N) is 2. The van der Waals surface area contributed by atoms with E-state index in [0.29, 0.717) is 12.8 Å². The Morgan fingerprint density at radius 1 is 0.639 bits per heavy atom. The zero-order valence-electron chi connectivity index (χ0n) is 34.6. The standard InChI is InChI=1S/C37H55N9O13S2/c1-7-58-36(56)42-12-10-9-11-24(44-37(57)59-8-2)33(53)43-23(17-27(47)38-13-15-40-31(51)21(3)45-29(49)19-25(60-5)34(45)54)18-28(48)39-14-16-41-32(52)22(4)46-30(50)20-26(61-6)35(46)55/h23-26H,3-4,7-20H2,1-2,5-6H3,(H,38,47)(H,39,48)(H,40,51)(H,41,52)(H,42,56)(H,43,53)(H,44,57). The molecule has 11 amide bonds. The predicted molar refractivity (Wildman–Crippen MR) is 222 cm³/mol. The first-order chi connectivity index (χ1) is 29.0. The molecule has 0 spiro atoms. The molecule has 2 rings (SSSR count). The van der Waals surface area contributed by atoms with Crippen molar-refractivity contribution in [3.8, 4) is 0 Å². The number of hydrogen-bond donors (Lipinski definition) is 7. The van der Waals surface area contributed by atoms with Gasteiger partial charge in [-0.15, -0.1) is 0 Å². The van der Waals surface area contributed by atoms with Gasteiger partial charge in [-0.25, -0.2) is 19.4 Å². The fourth-order valence-corrected chi connectivity index (χ4v) is 7.04. The van der Waals surface area contributed by atoms with Crippen molar-refractivity contribution in [3.05, 3.63) is 24.6 Å². The normalized spacial score (nSPS) is 16.9. The molecule has 24 heteroatoms. The SMILES string of the molecule is C=C(C(=O)NCCNC(=O)CC(CC(=O)NCCNC(=O)C(=C)N1C(=O)CC(SC)C1=O)NC(=O)C(CCCCNC(=O)OCC)NC(=O)OCC)N1C(=O)CC(SC)C1=O. The molecule has 2 saturated heterocycles. The summed E-state index contributed by atoms with van der Waals surface area (Å²) in [6.45, 7) is 10.2. The third-order valence-electron chi connectivity index (χ3n) is 8.87. The minimum absolute atomic E-state index is 0.00963. The van der Waals surface area contributed by atoms with Crippen LogP contribution in [0.25, 0.3) is 0 Å². The summed E-state index contributed by atoms with van der Waals surface area (Å²) in [5, 5.41) is 16.4. The molecule has 2 heterocycles. The number of hydrogen-bond acceptors (Lipinski definition) is 15. The Morgan fingerprint density at radius 3 is 1.51 bits per heavy atom. The summed E-state index contributed by atoms with van der Waals surface area (Å²) < 4.78 is 9.75. The van der Waals surface area contributed by atoms with E-state index in [1.54, 1.807) is 26.4 Å². The minimum atomic E-state index is -1.18. The van der Waals surface area contributed by atoms with Crippen LogP contribution in [0.1, 0.15) is 58.8 Å². The number of carbonyl (C=O) groups is 11. The number of ether oxygens (including phenoxy) is 2. The summed E-state index contributed by atoms with van der Waals surface area (Å²) in [5.41, 5.74) is -0.725. The summed E-state index contributed by atoms with van der Waals surface area (Å²) in [6.07, 6.45) is 1.62. The first kappa shape index (κ1) is 51.5. The fourth-order valence-electron chi connectivity index (χ4n) is 5.80. The van der Waals surface area contributed by atoms with Crippen LogP contribution in [-0.2, 0) is 52.6 Å². The Bertz CT molecular complexity index is 1620. The highest BCUT2D eigenvalue weighted by Crippen LogP contribution is 2.26. The van der Waals surface area contributed by atoms with Crippen LogP contribution in [0.5, 0.6) is 0 Å². The predicted octanol–water partition coefficient (Wildman–Crippen LogP) is -1.24. The van der Waals surface area contributed by atoms with E-state index in [9.17, 15) is 52.7 Å². The van der Waals surface area contributed by atoms with Gasteiger partial charge in [-0.1, -0.05) is 13.2 Å². The lowest BCUT2D eigenvalue weighted by Crippen LogP contribution is -2.52. The van der Waals surface area contributed by atoms with Crippen LogP contribution in [0.15, 0.2) is 24.6 Å². The molecule has 0 aromatic rings. The first-order valence-corrected chi connectivity index (χ1v) is 22.0. The highest BCUT2D eigenvalue weighted by Gasteiger charge is 2.42. The highest BCUT2D eigenvalue weighted by molar-refractivity contribution is 8.00. The van der Waals surface area contributed by atoms with Gasteiger partial charge in [0.05, 0.1) is 23.7 Å². The molecule has 2 fully saturated rings. The average molecular weight is 898 g/mol. The van der Waals surface area contributed by atoms with E-state index in [1.807, 2.05) is 0 Å². The van der Waals surface area contributed by atoms with Crippen molar-refractivity contribution in [2.24, 2.45) is 0 Å². The molecule has 0 aromatic carbocycles. The largest absolute Gasteiger partial charge is 0.450 e. The second kappa shape index (κ2) is 26.5. The Labute approximate surface area is 361 Å². The van der Waals surface area contributed by atoms with Crippen LogP contribution in [0.3, 0.4) is 0 Å². The lowest BCUT2D eigenvalue weighted by molar-refractivity contribution is -0.139. The van der Waals surface area contributed by atoms with Crippen LogP contribution in [0.2, 0.25) is 0 Å². The Morgan fingerprint density at radius 2 is 1.08 bits per heavy atom. The zero-order chi connectivity index (χ0) is 45.6. The summed E-state index contributed by atoms with van der Waals surface area (Å²) >= 11 is 2.35. The Kier molecular flexibility index (Phi) is 22.4. The number of imide groups is 2. The molecule has 61 heavy (non-hydrogen) atoms. The number of unbranched alkanes of at least 4 members (excludes halogenated alkanes) is 1. The second-order valence-corrected chi connectivity index (χ2v) is 15.4. The summed E-state index contributed by atoms with van der Waals surface area (Å²) in [7, 11) is 0. The smallest absolute Gasteiger partial charge is 0.407 e. The Balaban J connectivity index is 2.05. The first-order valence-electron chi connectivity index (χ1n) is 19.4. The van der Waals surface area contributed by atoms with Crippen molar-refractivity contribution < 1.29 is 62.2 Å². The molecule has 338 valence electrons. The maximum atomic E-state index is 13.5.